The molecule has 1 aromatic rings. The van der Waals surface area contributed by atoms with Gasteiger partial charge in [-0.05, 0) is 31.0 Å². The molecule has 16 heavy (non-hydrogen) atoms. The zero-order chi connectivity index (χ0) is 12.0. The van der Waals surface area contributed by atoms with Gasteiger partial charge >= 0.3 is 0 Å². The van der Waals surface area contributed by atoms with Gasteiger partial charge in [-0.1, -0.05) is 19.1 Å². The topological polar surface area (TPSA) is 41.5 Å². The molecule has 0 aromatic heterocycles. The maximum absolute atomic E-state index is 10.9. The van der Waals surface area contributed by atoms with Crippen molar-refractivity contribution in [2.45, 2.75) is 33.2 Å². The van der Waals surface area contributed by atoms with Crippen LogP contribution in [0.5, 0.6) is 0 Å². The molecule has 0 bridgehead atoms. The first-order valence-electron chi connectivity index (χ1n) is 5.49. The average molecular weight is 218 g/mol. The molecule has 0 aliphatic heterocycles. The Balaban J connectivity index is 2.67. The smallest absolute Gasteiger partial charge is 0.217 e. The predicted molar refractivity (Wildman–Crippen MR) is 67.2 cm³/mol. The zero-order valence-corrected chi connectivity index (χ0v) is 10.0. The third-order valence-electron chi connectivity index (χ3n) is 2.23. The second-order valence-electron chi connectivity index (χ2n) is 3.83. The van der Waals surface area contributed by atoms with Crippen molar-refractivity contribution in [3.8, 4) is 0 Å². The summed E-state index contributed by atoms with van der Waals surface area (Å²) in [7, 11) is 0. The summed E-state index contributed by atoms with van der Waals surface area (Å²) in [5.41, 5.74) is 2.10. The highest BCUT2D eigenvalue weighted by atomic mass is 16.1. The second kappa shape index (κ2) is 6.05. The molecule has 0 spiro atoms. The number of rotatable bonds is 4. The Morgan fingerprint density at radius 3 is 2.88 bits per heavy atom. The largest absolute Gasteiger partial charge is 0.349 e. The van der Waals surface area contributed by atoms with E-state index in [0.717, 1.165) is 12.1 Å². The van der Waals surface area contributed by atoms with Gasteiger partial charge in [0.05, 0.1) is 11.7 Å². The molecule has 0 saturated heterocycles. The zero-order valence-electron chi connectivity index (χ0n) is 10.0. The van der Waals surface area contributed by atoms with Crippen molar-refractivity contribution >= 4 is 17.8 Å². The number of nitrogens with one attached hydrogen (secondary N) is 1. The maximum atomic E-state index is 10.9. The van der Waals surface area contributed by atoms with E-state index in [1.54, 1.807) is 6.21 Å². The van der Waals surface area contributed by atoms with E-state index in [2.05, 4.69) is 10.3 Å². The van der Waals surface area contributed by atoms with Crippen molar-refractivity contribution in [3.63, 3.8) is 0 Å². The lowest BCUT2D eigenvalue weighted by molar-refractivity contribution is -0.119. The molecule has 1 rings (SSSR count). The number of hydrogen-bond donors (Lipinski definition) is 1. The molecule has 1 aromatic carbocycles. The summed E-state index contributed by atoms with van der Waals surface area (Å²) in [4.78, 5) is 15.3. The number of aryl methyl sites for hydroxylation is 1. The van der Waals surface area contributed by atoms with Crippen LogP contribution in [-0.4, -0.2) is 18.2 Å². The van der Waals surface area contributed by atoms with Crippen LogP contribution in [0.4, 0.5) is 5.69 Å². The Bertz CT molecular complexity index is 385. The first-order valence-corrected chi connectivity index (χ1v) is 5.49. The van der Waals surface area contributed by atoms with E-state index in [4.69, 9.17) is 0 Å². The van der Waals surface area contributed by atoms with Crippen molar-refractivity contribution in [3.05, 3.63) is 29.8 Å². The van der Waals surface area contributed by atoms with Gasteiger partial charge in [-0.2, -0.15) is 0 Å². The first kappa shape index (κ1) is 12.4. The SMILES string of the molecule is CCC(C=Nc1cccc(C)c1)NC(C)=O. The van der Waals surface area contributed by atoms with Gasteiger partial charge in [0, 0.05) is 13.1 Å². The molecule has 1 amide bonds. The quantitative estimate of drug-likeness (QED) is 0.775. The maximum Gasteiger partial charge on any atom is 0.217 e. The fraction of sp³-hybridized carbons (Fsp3) is 0.385. The van der Waals surface area contributed by atoms with Crippen LogP contribution in [0.2, 0.25) is 0 Å². The molecule has 0 heterocycles. The van der Waals surface area contributed by atoms with Crippen molar-refractivity contribution < 1.29 is 4.79 Å². The standard InChI is InChI=1S/C13H18N2O/c1-4-12(15-11(3)16)9-14-13-7-5-6-10(2)8-13/h5-9,12H,4H2,1-3H3,(H,15,16). The lowest BCUT2D eigenvalue weighted by Gasteiger charge is -2.09. The number of nitrogens with zero attached hydrogens (tertiary/aromatic N) is 1. The van der Waals surface area contributed by atoms with Crippen LogP contribution in [0.1, 0.15) is 25.8 Å². The number of hydrogen-bond acceptors (Lipinski definition) is 2. The summed E-state index contributed by atoms with van der Waals surface area (Å²) in [6.45, 7) is 5.57. The molecule has 3 nitrogen and oxygen atoms in total. The summed E-state index contributed by atoms with van der Waals surface area (Å²) < 4.78 is 0. The molecule has 0 aliphatic rings. The third kappa shape index (κ3) is 4.26. The van der Waals surface area contributed by atoms with E-state index in [1.165, 1.54) is 12.5 Å². The Morgan fingerprint density at radius 1 is 1.56 bits per heavy atom. The minimum Gasteiger partial charge on any atom is -0.349 e. The molecule has 0 radical (unpaired) electrons. The summed E-state index contributed by atoms with van der Waals surface area (Å²) in [5, 5.41) is 2.83. The lowest BCUT2D eigenvalue weighted by Crippen LogP contribution is -2.33. The minimum absolute atomic E-state index is 0.0120. The van der Waals surface area contributed by atoms with Crippen LogP contribution in [0.3, 0.4) is 0 Å². The van der Waals surface area contributed by atoms with Crippen LogP contribution in [0.15, 0.2) is 29.3 Å². The predicted octanol–water partition coefficient (Wildman–Crippen LogP) is 2.61. The molecular formula is C13H18N2O. The van der Waals surface area contributed by atoms with Crippen molar-refractivity contribution in [1.29, 1.82) is 0 Å². The second-order valence-corrected chi connectivity index (χ2v) is 3.83. The van der Waals surface area contributed by atoms with Gasteiger partial charge in [0.15, 0.2) is 0 Å². The summed E-state index contributed by atoms with van der Waals surface area (Å²) >= 11 is 0. The van der Waals surface area contributed by atoms with E-state index in [0.29, 0.717) is 0 Å². The van der Waals surface area contributed by atoms with Crippen LogP contribution < -0.4 is 5.32 Å². The van der Waals surface area contributed by atoms with E-state index in [1.807, 2.05) is 38.1 Å². The summed E-state index contributed by atoms with van der Waals surface area (Å²) in [6, 6.07) is 7.98. The fourth-order valence-electron chi connectivity index (χ4n) is 1.39. The summed E-state index contributed by atoms with van der Waals surface area (Å²) in [6.07, 6.45) is 2.63. The van der Waals surface area contributed by atoms with Crippen molar-refractivity contribution in [2.24, 2.45) is 4.99 Å². The highest BCUT2D eigenvalue weighted by Gasteiger charge is 2.02. The monoisotopic (exact) mass is 218 g/mol. The van der Waals surface area contributed by atoms with E-state index >= 15 is 0 Å². The van der Waals surface area contributed by atoms with Gasteiger partial charge in [-0.25, -0.2) is 0 Å². The Hall–Kier alpha value is -1.64. The molecular weight excluding hydrogens is 200 g/mol. The van der Waals surface area contributed by atoms with Crippen LogP contribution in [-0.2, 0) is 4.79 Å². The number of carbonyl (C=O) groups excluding carboxylic acids is 1. The number of carbonyl (C=O) groups is 1. The molecule has 1 unspecified atom stereocenters. The van der Waals surface area contributed by atoms with Gasteiger partial charge in [-0.15, -0.1) is 0 Å². The Labute approximate surface area is 96.6 Å². The molecule has 1 atom stereocenters. The highest BCUT2D eigenvalue weighted by Crippen LogP contribution is 2.12. The van der Waals surface area contributed by atoms with E-state index in [9.17, 15) is 4.79 Å². The average Bonchev–Trinajstić information content (AvgIpc) is 2.24. The molecule has 0 fully saturated rings. The normalized spacial score (nSPS) is 12.7. The number of benzene rings is 1. The van der Waals surface area contributed by atoms with Crippen molar-refractivity contribution in [1.82, 2.24) is 5.32 Å². The van der Waals surface area contributed by atoms with Crippen LogP contribution >= 0.6 is 0 Å². The third-order valence-corrected chi connectivity index (χ3v) is 2.23. The summed E-state index contributed by atoms with van der Waals surface area (Å²) in [5.74, 6) is -0.0254. The van der Waals surface area contributed by atoms with Crippen molar-refractivity contribution in [2.75, 3.05) is 0 Å². The molecule has 0 saturated carbocycles. The lowest BCUT2D eigenvalue weighted by atomic mass is 10.2. The van der Waals surface area contributed by atoms with Gasteiger partial charge in [0.2, 0.25) is 5.91 Å². The van der Waals surface area contributed by atoms with E-state index in [-0.39, 0.29) is 11.9 Å². The molecule has 1 N–H and O–H groups in total. The van der Waals surface area contributed by atoms with Crippen LogP contribution in [0, 0.1) is 6.92 Å². The van der Waals surface area contributed by atoms with Crippen LogP contribution in [0.25, 0.3) is 0 Å². The van der Waals surface area contributed by atoms with Gasteiger partial charge in [0.25, 0.3) is 0 Å². The fourth-order valence-corrected chi connectivity index (χ4v) is 1.39. The van der Waals surface area contributed by atoms with E-state index < -0.39 is 0 Å². The Morgan fingerprint density at radius 2 is 2.31 bits per heavy atom. The first-order chi connectivity index (χ1) is 7.61. The Kier molecular flexibility index (Phi) is 4.70. The number of aliphatic imine (C=N–C) groups is 1. The van der Waals surface area contributed by atoms with Gasteiger partial charge < -0.3 is 5.32 Å². The molecule has 86 valence electrons. The molecule has 0 aliphatic carbocycles. The van der Waals surface area contributed by atoms with Gasteiger partial charge in [0.1, 0.15) is 0 Å². The molecule has 3 heteroatoms. The highest BCUT2D eigenvalue weighted by molar-refractivity contribution is 5.79. The number of amides is 1. The van der Waals surface area contributed by atoms with Gasteiger partial charge in [-0.3, -0.25) is 9.79 Å². The minimum atomic E-state index is -0.0254.